The van der Waals surface area contributed by atoms with E-state index in [2.05, 4.69) is 205 Å². The first-order valence-electron chi connectivity index (χ1n) is 40.5. The molecule has 6 aromatic rings. The molecular weight excluding hydrogens is 1300 g/mol. The summed E-state index contributed by atoms with van der Waals surface area (Å²) in [5.74, 6) is 17.7. The standard InChI is InChI=1S/2C16H22FN.C16H20N2.2C15H22N2.C13H16FN.C2H6/c1-10-5-6-11(7-14(10)17)18-8-12-13(9-18)15(12)16(2,3)4;1-10-5-6-13(17)14(7-10)18-8-11-12(9-18)15(11)16(2,3)4;1-16(2,3)15-11-9-18(10-12(11)15)14-8-6-5-7-13(14)17-4;2*1-10-5-6-16-13(7-10)17-8-11-12(9-17)14(11)15(2,3)4;1-8-4-3-5-12(13(8)14)15-6-10-9(2)11(10)7-15;1-2/h5-7,12-13,15H,8-9H2,1-4H3;5-7,11-12,15H,8-9H2,1-4H3;5-8,11-12,15H,9-10H2,1-3H3;2*5-7,11-12,14H,8-9H2,1-4H3;3-5,9-11H,6-7H2,1-2H3;1-2H3. The van der Waals surface area contributed by atoms with Gasteiger partial charge in [-0.15, -0.1) is 0 Å². The summed E-state index contributed by atoms with van der Waals surface area (Å²) in [5, 5.41) is 0. The highest BCUT2D eigenvalue weighted by Crippen LogP contribution is 2.65. The molecule has 18 rings (SSSR count). The topological polar surface area (TPSA) is 49.6 Å². The number of hydrogen-bond acceptors (Lipinski definition) is 8. The lowest BCUT2D eigenvalue weighted by atomic mass is 9.87. The molecule has 8 heterocycles. The number of fused-ring (bicyclic) bond motifs is 6. The van der Waals surface area contributed by atoms with Gasteiger partial charge in [-0.3, -0.25) is 0 Å². The third-order valence-electron chi connectivity index (χ3n) is 26.9. The quantitative estimate of drug-likeness (QED) is 0.153. The van der Waals surface area contributed by atoms with Crippen LogP contribution in [0, 0.1) is 192 Å². The van der Waals surface area contributed by atoms with E-state index in [0.29, 0.717) is 27.1 Å². The van der Waals surface area contributed by atoms with Crippen LogP contribution in [0.1, 0.15) is 152 Å². The number of halogens is 3. The van der Waals surface area contributed by atoms with E-state index in [0.717, 1.165) is 204 Å². The Morgan fingerprint density at radius 2 is 0.705 bits per heavy atom. The average Bonchev–Trinajstić information content (AvgIpc) is 1.58. The predicted molar refractivity (Wildman–Crippen MR) is 434 cm³/mol. The van der Waals surface area contributed by atoms with E-state index in [1.807, 2.05) is 102 Å². The number of piperidine rings is 6. The van der Waals surface area contributed by atoms with Crippen molar-refractivity contribution in [3.63, 3.8) is 0 Å². The summed E-state index contributed by atoms with van der Waals surface area (Å²) >= 11 is 0. The Morgan fingerprint density at radius 3 is 1.10 bits per heavy atom. The minimum atomic E-state index is -0.0829. The zero-order valence-electron chi connectivity index (χ0n) is 68.5. The molecular formula is C93H130F3N9. The van der Waals surface area contributed by atoms with E-state index in [-0.39, 0.29) is 17.5 Å². The molecule has 12 atom stereocenters. The fourth-order valence-electron chi connectivity index (χ4n) is 21.8. The summed E-state index contributed by atoms with van der Waals surface area (Å²) in [6.07, 6.45) is 3.85. The molecule has 105 heavy (non-hydrogen) atoms. The number of nitrogens with zero attached hydrogens (tertiary/aromatic N) is 9. The fraction of sp³-hybridized carbons (Fsp3) is 0.624. The summed E-state index contributed by atoms with van der Waals surface area (Å²) in [6, 6.07) is 33.3. The van der Waals surface area contributed by atoms with Crippen LogP contribution in [0.3, 0.4) is 0 Å². The Morgan fingerprint density at radius 1 is 0.352 bits per heavy atom. The highest BCUT2D eigenvalue weighted by Gasteiger charge is 2.64. The summed E-state index contributed by atoms with van der Waals surface area (Å²) in [6.45, 7) is 72.3. The molecule has 568 valence electrons. The van der Waals surface area contributed by atoms with Gasteiger partial charge in [-0.05, 0) is 257 Å². The monoisotopic (exact) mass is 1430 g/mol. The van der Waals surface area contributed by atoms with E-state index >= 15 is 0 Å². The second kappa shape index (κ2) is 29.7. The van der Waals surface area contributed by atoms with Crippen molar-refractivity contribution in [3.8, 4) is 0 Å². The van der Waals surface area contributed by atoms with Crippen LogP contribution >= 0.6 is 0 Å². The Bertz CT molecular complexity index is 3910. The van der Waals surface area contributed by atoms with Gasteiger partial charge in [-0.2, -0.15) is 0 Å². The highest BCUT2D eigenvalue weighted by molar-refractivity contribution is 5.71. The fourth-order valence-corrected chi connectivity index (χ4v) is 21.8. The number of pyridine rings is 2. The van der Waals surface area contributed by atoms with Crippen molar-refractivity contribution < 1.29 is 13.2 Å². The minimum Gasteiger partial charge on any atom is -0.380 e. The number of aryl methyl sites for hydroxylation is 5. The van der Waals surface area contributed by atoms with Crippen molar-refractivity contribution >= 4 is 40.1 Å². The van der Waals surface area contributed by atoms with Crippen molar-refractivity contribution in [2.45, 2.75) is 159 Å². The number of aromatic nitrogens is 2. The molecule has 12 heteroatoms. The SMILES string of the molecule is CC.Cc1ccc(F)c(N2CC3C(C2)C3C(C)(C)C)c1.Cc1ccc(N2CC3C(C2)C3C(C)(C)C)cc1F.Cc1cccc(N2CC3C(C)C3C2)c1F.Cc1ccnc(N2CC3C(C2)C3C(C)(C)C)c1.Cc1ccnc(N2CC3C(C2)C3C(C)(C)C)c1.[C-]#[N+]c1ccccc1N1CC2C(C1)C2C(C)(C)C. The number of para-hydroxylation sites is 2. The van der Waals surface area contributed by atoms with Crippen LogP contribution in [0.2, 0.25) is 0 Å². The smallest absolute Gasteiger partial charge is 0.209 e. The first-order valence-corrected chi connectivity index (χ1v) is 40.5. The molecule has 6 aliphatic heterocycles. The van der Waals surface area contributed by atoms with Crippen LogP contribution in [0.5, 0.6) is 0 Å². The Kier molecular flexibility index (Phi) is 22.0. The van der Waals surface area contributed by atoms with E-state index in [1.165, 1.54) is 48.9 Å². The van der Waals surface area contributed by atoms with E-state index in [9.17, 15) is 13.2 Å². The van der Waals surface area contributed by atoms with Gasteiger partial charge in [0.15, 0.2) is 0 Å². The van der Waals surface area contributed by atoms with Gasteiger partial charge in [0.05, 0.1) is 17.9 Å². The van der Waals surface area contributed by atoms with Crippen molar-refractivity contribution in [3.05, 3.63) is 172 Å². The van der Waals surface area contributed by atoms with Gasteiger partial charge < -0.3 is 29.4 Å². The first kappa shape index (κ1) is 77.9. The third-order valence-corrected chi connectivity index (χ3v) is 26.9. The molecule has 4 aromatic carbocycles. The minimum absolute atomic E-state index is 0.0357. The molecule has 0 radical (unpaired) electrons. The molecule has 2 aromatic heterocycles. The molecule has 0 amide bonds. The molecule has 6 aliphatic carbocycles. The van der Waals surface area contributed by atoms with Gasteiger partial charge in [0.1, 0.15) is 29.1 Å². The van der Waals surface area contributed by atoms with Gasteiger partial charge in [-0.1, -0.05) is 167 Å². The van der Waals surface area contributed by atoms with Crippen molar-refractivity contribution in [2.24, 2.45) is 134 Å². The average molecular weight is 1430 g/mol. The molecule has 0 bridgehead atoms. The molecule has 12 aliphatic rings. The molecule has 6 saturated carbocycles. The van der Waals surface area contributed by atoms with Crippen LogP contribution in [0.15, 0.2) is 116 Å². The molecule has 12 fully saturated rings. The van der Waals surface area contributed by atoms with Crippen LogP contribution in [0.25, 0.3) is 4.85 Å². The second-order valence-electron chi connectivity index (χ2n) is 39.5. The van der Waals surface area contributed by atoms with Crippen LogP contribution in [0.4, 0.5) is 53.2 Å². The molecule has 0 spiro atoms. The van der Waals surface area contributed by atoms with Crippen molar-refractivity contribution in [2.75, 3.05) is 108 Å². The Labute approximate surface area is 632 Å². The van der Waals surface area contributed by atoms with Crippen LogP contribution < -0.4 is 29.4 Å². The molecule has 12 unspecified atom stereocenters. The maximum Gasteiger partial charge on any atom is 0.209 e. The zero-order valence-corrected chi connectivity index (χ0v) is 68.5. The largest absolute Gasteiger partial charge is 0.380 e. The maximum atomic E-state index is 13.9. The van der Waals surface area contributed by atoms with E-state index < -0.39 is 0 Å². The molecule has 6 saturated heterocycles. The lowest BCUT2D eigenvalue weighted by Crippen LogP contribution is -2.28. The first-order chi connectivity index (χ1) is 49.4. The summed E-state index contributed by atoms with van der Waals surface area (Å²) in [5.41, 5.74) is 12.1. The number of benzene rings is 4. The summed E-state index contributed by atoms with van der Waals surface area (Å²) in [7, 11) is 0. The lowest BCUT2D eigenvalue weighted by molar-refractivity contribution is 0.308. The molecule has 0 N–H and O–H groups in total. The van der Waals surface area contributed by atoms with E-state index in [4.69, 9.17) is 6.57 Å². The zero-order chi connectivity index (χ0) is 76.1. The Hall–Kier alpha value is -6.74. The summed E-state index contributed by atoms with van der Waals surface area (Å²) in [4.78, 5) is 26.7. The van der Waals surface area contributed by atoms with Crippen LogP contribution in [-0.2, 0) is 0 Å². The van der Waals surface area contributed by atoms with Gasteiger partial charge in [-0.25, -0.2) is 28.0 Å². The normalized spacial score (nSPS) is 30.6. The highest BCUT2D eigenvalue weighted by atomic mass is 19.1. The van der Waals surface area contributed by atoms with Crippen LogP contribution in [-0.4, -0.2) is 88.5 Å². The number of rotatable bonds is 6. The van der Waals surface area contributed by atoms with E-state index in [1.54, 1.807) is 12.1 Å². The van der Waals surface area contributed by atoms with Gasteiger partial charge in [0.2, 0.25) is 5.69 Å². The Balaban J connectivity index is 0.000000118. The second-order valence-corrected chi connectivity index (χ2v) is 39.5. The van der Waals surface area contributed by atoms with Gasteiger partial charge in [0.25, 0.3) is 0 Å². The third kappa shape index (κ3) is 16.9. The number of hydrogen-bond donors (Lipinski definition) is 0. The predicted octanol–water partition coefficient (Wildman–Crippen LogP) is 21.8. The number of anilines is 6. The van der Waals surface area contributed by atoms with Crippen molar-refractivity contribution in [1.82, 2.24) is 9.97 Å². The lowest BCUT2D eigenvalue weighted by Gasteiger charge is -2.27. The van der Waals surface area contributed by atoms with Gasteiger partial charge >= 0.3 is 0 Å². The summed E-state index contributed by atoms with van der Waals surface area (Å²) < 4.78 is 41.3. The molecule has 9 nitrogen and oxygen atoms in total. The van der Waals surface area contributed by atoms with Gasteiger partial charge in [0, 0.05) is 102 Å². The maximum absolute atomic E-state index is 13.9. The van der Waals surface area contributed by atoms with Crippen molar-refractivity contribution in [1.29, 1.82) is 0 Å².